The second kappa shape index (κ2) is 13.1. The van der Waals surface area contributed by atoms with Crippen molar-refractivity contribution >= 4 is 38.3 Å². The molecular formula is C34H40N6O2S. The molecule has 2 aromatic carbocycles. The van der Waals surface area contributed by atoms with Gasteiger partial charge in [0.1, 0.15) is 0 Å². The fourth-order valence-corrected chi connectivity index (χ4v) is 7.73. The number of anilines is 1. The van der Waals surface area contributed by atoms with Crippen LogP contribution in [0.15, 0.2) is 66.9 Å². The number of nitrogens with one attached hydrogen (secondary N) is 2. The van der Waals surface area contributed by atoms with Crippen LogP contribution in [0.3, 0.4) is 0 Å². The van der Waals surface area contributed by atoms with Crippen LogP contribution in [0.2, 0.25) is 0 Å². The maximum Gasteiger partial charge on any atom is 0.162 e. The van der Waals surface area contributed by atoms with E-state index in [1.807, 2.05) is 17.5 Å². The molecule has 0 amide bonds. The molecule has 2 unspecified atom stereocenters. The summed E-state index contributed by atoms with van der Waals surface area (Å²) >= 11 is 1.86. The molecule has 2 aliphatic heterocycles. The van der Waals surface area contributed by atoms with Gasteiger partial charge in [-0.05, 0) is 43.0 Å². The number of aromatic nitrogens is 3. The number of rotatable bonds is 10. The zero-order valence-corrected chi connectivity index (χ0v) is 25.6. The normalized spacial score (nSPS) is 19.9. The lowest BCUT2D eigenvalue weighted by molar-refractivity contribution is 0.113. The average Bonchev–Trinajstić information content (AvgIpc) is 3.70. The fourth-order valence-electron chi connectivity index (χ4n) is 6.59. The summed E-state index contributed by atoms with van der Waals surface area (Å²) in [4.78, 5) is 20.1. The van der Waals surface area contributed by atoms with Crippen LogP contribution in [0.25, 0.3) is 32.5 Å². The minimum absolute atomic E-state index is 0.466. The molecule has 0 bridgehead atoms. The number of likely N-dealkylation sites (tertiary alicyclic amines) is 1. The molecule has 5 aromatic rings. The van der Waals surface area contributed by atoms with E-state index in [-0.39, 0.29) is 0 Å². The van der Waals surface area contributed by atoms with Crippen molar-refractivity contribution in [1.29, 1.82) is 0 Å². The van der Waals surface area contributed by atoms with Crippen molar-refractivity contribution in [2.75, 3.05) is 58.0 Å². The molecule has 0 saturated carbocycles. The molecule has 2 N–H and O–H groups in total. The minimum atomic E-state index is 0.466. The van der Waals surface area contributed by atoms with Crippen molar-refractivity contribution < 1.29 is 9.47 Å². The zero-order valence-electron chi connectivity index (χ0n) is 24.8. The Hall–Kier alpha value is -3.34. The predicted molar refractivity (Wildman–Crippen MR) is 175 cm³/mol. The van der Waals surface area contributed by atoms with E-state index in [1.54, 1.807) is 7.11 Å². The third-order valence-electron chi connectivity index (χ3n) is 8.80. The van der Waals surface area contributed by atoms with E-state index in [0.717, 1.165) is 105 Å². The molecule has 9 heteroatoms. The number of benzene rings is 2. The van der Waals surface area contributed by atoms with Crippen LogP contribution in [0.5, 0.6) is 0 Å². The van der Waals surface area contributed by atoms with E-state index in [2.05, 4.69) is 80.8 Å². The first-order chi connectivity index (χ1) is 21.2. The Bertz CT molecular complexity index is 1650. The highest BCUT2D eigenvalue weighted by molar-refractivity contribution is 7.19. The number of nitrogens with zero attached hydrogens (tertiary/aromatic N) is 4. The first kappa shape index (κ1) is 28.4. The Kier molecular flexibility index (Phi) is 8.67. The quantitative estimate of drug-likeness (QED) is 0.207. The molecule has 224 valence electrons. The highest BCUT2D eigenvalue weighted by Crippen LogP contribution is 2.37. The third kappa shape index (κ3) is 6.32. The average molecular weight is 597 g/mol. The Labute approximate surface area is 257 Å². The summed E-state index contributed by atoms with van der Waals surface area (Å²) in [6.45, 7) is 6.78. The molecule has 43 heavy (non-hydrogen) atoms. The number of hydrogen-bond acceptors (Lipinski definition) is 8. The van der Waals surface area contributed by atoms with Crippen molar-refractivity contribution in [2.24, 2.45) is 0 Å². The first-order valence-electron chi connectivity index (χ1n) is 15.4. The fraction of sp³-hybridized carbons (Fsp3) is 0.412. The zero-order chi connectivity index (χ0) is 29.0. The van der Waals surface area contributed by atoms with E-state index in [0.29, 0.717) is 12.1 Å². The first-order valence-corrected chi connectivity index (χ1v) is 16.3. The number of ether oxygens (including phenoxy) is 2. The Morgan fingerprint density at radius 2 is 1.93 bits per heavy atom. The lowest BCUT2D eigenvalue weighted by atomic mass is 9.92. The van der Waals surface area contributed by atoms with Crippen LogP contribution >= 0.6 is 11.3 Å². The standard InChI is InChI=1S/C34H40N6O2S/c1-41-17-13-35-25-11-14-40(26(21-25)20-24-6-3-2-4-7-24)23-27-22-31-32(43-27)34(39-15-18-42-19-16-39)38-33(37-31)29-8-5-9-30-28(29)10-12-36-30/h2-10,12,22,25-26,35-36H,11,13-21,23H2,1H3. The summed E-state index contributed by atoms with van der Waals surface area (Å²) in [5, 5.41) is 4.88. The molecule has 2 aliphatic rings. The van der Waals surface area contributed by atoms with Gasteiger partial charge in [0, 0.05) is 79.5 Å². The largest absolute Gasteiger partial charge is 0.383 e. The highest BCUT2D eigenvalue weighted by Gasteiger charge is 2.29. The van der Waals surface area contributed by atoms with Gasteiger partial charge in [-0.2, -0.15) is 0 Å². The number of methoxy groups -OCH3 is 1. The summed E-state index contributed by atoms with van der Waals surface area (Å²) < 4.78 is 12.2. The Morgan fingerprint density at radius 1 is 1.05 bits per heavy atom. The molecule has 0 aliphatic carbocycles. The van der Waals surface area contributed by atoms with Crippen molar-refractivity contribution in [3.8, 4) is 11.4 Å². The smallest absolute Gasteiger partial charge is 0.162 e. The third-order valence-corrected chi connectivity index (χ3v) is 9.91. The van der Waals surface area contributed by atoms with Crippen LogP contribution in [0.4, 0.5) is 5.82 Å². The number of aromatic amines is 1. The highest BCUT2D eigenvalue weighted by atomic mass is 32.1. The second-order valence-corrected chi connectivity index (χ2v) is 12.8. The second-order valence-electron chi connectivity index (χ2n) is 11.6. The van der Waals surface area contributed by atoms with Gasteiger partial charge in [0.15, 0.2) is 11.6 Å². The molecule has 7 rings (SSSR count). The molecule has 2 saturated heterocycles. The van der Waals surface area contributed by atoms with Crippen molar-refractivity contribution in [1.82, 2.24) is 25.2 Å². The van der Waals surface area contributed by atoms with Gasteiger partial charge >= 0.3 is 0 Å². The topological polar surface area (TPSA) is 78.5 Å². The van der Waals surface area contributed by atoms with E-state index < -0.39 is 0 Å². The van der Waals surface area contributed by atoms with Gasteiger partial charge < -0.3 is 24.7 Å². The summed E-state index contributed by atoms with van der Waals surface area (Å²) in [5.41, 5.74) is 4.60. The minimum Gasteiger partial charge on any atom is -0.383 e. The number of fused-ring (bicyclic) bond motifs is 2. The van der Waals surface area contributed by atoms with Crippen molar-refractivity contribution in [3.63, 3.8) is 0 Å². The molecule has 8 nitrogen and oxygen atoms in total. The van der Waals surface area contributed by atoms with E-state index in [4.69, 9.17) is 19.4 Å². The molecule has 5 heterocycles. The van der Waals surface area contributed by atoms with E-state index in [9.17, 15) is 0 Å². The van der Waals surface area contributed by atoms with Gasteiger partial charge in [0.25, 0.3) is 0 Å². The van der Waals surface area contributed by atoms with Gasteiger partial charge in [0.2, 0.25) is 0 Å². The molecule has 0 spiro atoms. The predicted octanol–water partition coefficient (Wildman–Crippen LogP) is 5.49. The summed E-state index contributed by atoms with van der Waals surface area (Å²) in [5.74, 6) is 1.82. The summed E-state index contributed by atoms with van der Waals surface area (Å²) in [6.07, 6.45) is 5.31. The number of H-pyrrole nitrogens is 1. The Morgan fingerprint density at radius 3 is 2.79 bits per heavy atom. The maximum atomic E-state index is 5.70. The van der Waals surface area contributed by atoms with Crippen LogP contribution in [0, 0.1) is 0 Å². The van der Waals surface area contributed by atoms with Crippen molar-refractivity contribution in [2.45, 2.75) is 37.9 Å². The molecular weight excluding hydrogens is 556 g/mol. The number of piperidine rings is 1. The lowest BCUT2D eigenvalue weighted by Crippen LogP contribution is -2.49. The monoisotopic (exact) mass is 596 g/mol. The molecule has 3 aromatic heterocycles. The van der Waals surface area contributed by atoms with E-state index in [1.165, 1.54) is 15.1 Å². The van der Waals surface area contributed by atoms with Crippen LogP contribution in [0.1, 0.15) is 23.3 Å². The SMILES string of the molecule is COCCNC1CCN(Cc2cc3nc(-c4cccc5[nH]ccc45)nc(N4CCOCC4)c3s2)C(Cc2ccccc2)C1. The lowest BCUT2D eigenvalue weighted by Gasteiger charge is -2.40. The van der Waals surface area contributed by atoms with Gasteiger partial charge in [-0.1, -0.05) is 42.5 Å². The number of morpholine rings is 1. The van der Waals surface area contributed by atoms with Crippen LogP contribution < -0.4 is 10.2 Å². The number of thiophene rings is 1. The van der Waals surface area contributed by atoms with E-state index >= 15 is 0 Å². The summed E-state index contributed by atoms with van der Waals surface area (Å²) in [7, 11) is 1.77. The summed E-state index contributed by atoms with van der Waals surface area (Å²) in [6, 6.07) is 22.7. The van der Waals surface area contributed by atoms with Crippen molar-refractivity contribution in [3.05, 3.63) is 77.3 Å². The van der Waals surface area contributed by atoms with Gasteiger partial charge in [-0.25, -0.2) is 9.97 Å². The molecule has 2 atom stereocenters. The Balaban J connectivity index is 1.20. The molecule has 0 radical (unpaired) electrons. The van der Waals surface area contributed by atoms with Gasteiger partial charge in [0.05, 0.1) is 30.0 Å². The van der Waals surface area contributed by atoms with Crippen LogP contribution in [-0.2, 0) is 22.4 Å². The van der Waals surface area contributed by atoms with Crippen LogP contribution in [-0.4, -0.2) is 85.0 Å². The van der Waals surface area contributed by atoms with Gasteiger partial charge in [-0.3, -0.25) is 4.90 Å². The maximum absolute atomic E-state index is 5.70. The number of hydrogen-bond donors (Lipinski definition) is 2. The molecule has 2 fully saturated rings. The van der Waals surface area contributed by atoms with Gasteiger partial charge in [-0.15, -0.1) is 11.3 Å².